The van der Waals surface area contributed by atoms with Crippen LogP contribution in [0, 0.1) is 6.92 Å². The molecule has 0 aliphatic rings. The maximum Gasteiger partial charge on any atom is 0.275 e. The minimum absolute atomic E-state index is 0.161. The van der Waals surface area contributed by atoms with Gasteiger partial charge in [0.15, 0.2) is 5.13 Å². The van der Waals surface area contributed by atoms with Gasteiger partial charge in [0.2, 0.25) is 0 Å². The summed E-state index contributed by atoms with van der Waals surface area (Å²) in [4.78, 5) is 15.8. The molecule has 0 unspecified atom stereocenters. The fraction of sp³-hybridized carbons (Fsp3) is 0.222. The number of thiazole rings is 1. The number of nitrogen functional groups attached to an aromatic ring is 1. The zero-order valence-corrected chi connectivity index (χ0v) is 9.21. The molecule has 0 bridgehead atoms. The molecule has 6 heteroatoms. The summed E-state index contributed by atoms with van der Waals surface area (Å²) in [7, 11) is 1.62. The van der Waals surface area contributed by atoms with Crippen molar-refractivity contribution in [2.75, 3.05) is 5.73 Å². The van der Waals surface area contributed by atoms with Crippen LogP contribution in [0.2, 0.25) is 0 Å². The van der Waals surface area contributed by atoms with Gasteiger partial charge in [-0.15, -0.1) is 11.3 Å². The number of hydrogen-bond acceptors (Lipinski definition) is 5. The van der Waals surface area contributed by atoms with E-state index in [1.807, 2.05) is 6.92 Å². The average Bonchev–Trinajstić information content (AvgIpc) is 2.58. The van der Waals surface area contributed by atoms with E-state index in [1.165, 1.54) is 16.0 Å². The molecule has 5 nitrogen and oxygen atoms in total. The molecule has 0 atom stereocenters. The molecule has 0 radical (unpaired) electrons. The van der Waals surface area contributed by atoms with Crippen molar-refractivity contribution >= 4 is 16.5 Å². The van der Waals surface area contributed by atoms with Gasteiger partial charge in [-0.2, -0.15) is 5.10 Å². The topological polar surface area (TPSA) is 73.8 Å². The van der Waals surface area contributed by atoms with E-state index in [-0.39, 0.29) is 5.56 Å². The Hall–Kier alpha value is -1.69. The van der Waals surface area contributed by atoms with Gasteiger partial charge in [-0.05, 0) is 13.0 Å². The highest BCUT2D eigenvalue weighted by molar-refractivity contribution is 7.13. The Morgan fingerprint density at radius 2 is 2.27 bits per heavy atom. The van der Waals surface area contributed by atoms with E-state index in [0.29, 0.717) is 16.4 Å². The van der Waals surface area contributed by atoms with Gasteiger partial charge in [0.1, 0.15) is 0 Å². The third-order valence-corrected chi connectivity index (χ3v) is 2.66. The van der Waals surface area contributed by atoms with E-state index < -0.39 is 0 Å². The highest BCUT2D eigenvalue weighted by Crippen LogP contribution is 2.20. The molecule has 0 aliphatic heterocycles. The molecule has 2 heterocycles. The van der Waals surface area contributed by atoms with Crippen molar-refractivity contribution in [2.45, 2.75) is 6.92 Å². The van der Waals surface area contributed by atoms with Crippen LogP contribution in [0.1, 0.15) is 5.69 Å². The first-order valence-corrected chi connectivity index (χ1v) is 5.22. The largest absolute Gasteiger partial charge is 0.375 e. The average molecular weight is 222 g/mol. The molecule has 2 aromatic heterocycles. The predicted octanol–water partition coefficient (Wildman–Crippen LogP) is 0.794. The Labute approximate surface area is 90.2 Å². The van der Waals surface area contributed by atoms with E-state index in [2.05, 4.69) is 10.1 Å². The van der Waals surface area contributed by atoms with Crippen LogP contribution in [-0.4, -0.2) is 14.8 Å². The molecule has 0 spiro atoms. The number of anilines is 1. The second kappa shape index (κ2) is 3.47. The maximum atomic E-state index is 11.8. The third kappa shape index (κ3) is 1.75. The van der Waals surface area contributed by atoms with Crippen molar-refractivity contribution < 1.29 is 0 Å². The minimum Gasteiger partial charge on any atom is -0.375 e. The molecule has 2 N–H and O–H groups in total. The zero-order valence-electron chi connectivity index (χ0n) is 8.39. The molecule has 15 heavy (non-hydrogen) atoms. The number of aryl methyl sites for hydroxylation is 2. The van der Waals surface area contributed by atoms with Crippen LogP contribution in [0.25, 0.3) is 11.3 Å². The van der Waals surface area contributed by atoms with Crippen LogP contribution >= 0.6 is 11.3 Å². The van der Waals surface area contributed by atoms with Crippen LogP contribution in [0.5, 0.6) is 0 Å². The first kappa shape index (κ1) is 9.85. The van der Waals surface area contributed by atoms with Crippen molar-refractivity contribution in [2.24, 2.45) is 7.05 Å². The SMILES string of the molecule is Cc1cc(-c2csc(N)n2)c(=O)n(C)n1. The van der Waals surface area contributed by atoms with Gasteiger partial charge in [0, 0.05) is 12.4 Å². The smallest absolute Gasteiger partial charge is 0.275 e. The molecular weight excluding hydrogens is 212 g/mol. The number of aromatic nitrogens is 3. The summed E-state index contributed by atoms with van der Waals surface area (Å²) < 4.78 is 1.31. The second-order valence-electron chi connectivity index (χ2n) is 3.20. The maximum absolute atomic E-state index is 11.8. The van der Waals surface area contributed by atoms with Gasteiger partial charge in [0.25, 0.3) is 5.56 Å². The fourth-order valence-corrected chi connectivity index (χ4v) is 1.91. The molecule has 0 aliphatic carbocycles. The Balaban J connectivity index is 2.67. The van der Waals surface area contributed by atoms with E-state index in [0.717, 1.165) is 5.69 Å². The van der Waals surface area contributed by atoms with Crippen molar-refractivity contribution in [3.8, 4) is 11.3 Å². The quantitative estimate of drug-likeness (QED) is 0.774. The summed E-state index contributed by atoms with van der Waals surface area (Å²) in [5.41, 5.74) is 7.29. The normalized spacial score (nSPS) is 10.5. The standard InChI is InChI=1S/C9H10N4OS/c1-5-3-6(8(14)13(2)12-5)7-4-15-9(10)11-7/h3-4H,1-2H3,(H2,10,11). The van der Waals surface area contributed by atoms with Crippen molar-refractivity contribution in [3.05, 3.63) is 27.5 Å². The highest BCUT2D eigenvalue weighted by atomic mass is 32.1. The Morgan fingerprint density at radius 3 is 2.87 bits per heavy atom. The minimum atomic E-state index is -0.161. The number of nitrogens with two attached hydrogens (primary N) is 1. The number of hydrogen-bond donors (Lipinski definition) is 1. The fourth-order valence-electron chi connectivity index (χ4n) is 1.35. The lowest BCUT2D eigenvalue weighted by atomic mass is 10.2. The van der Waals surface area contributed by atoms with E-state index in [1.54, 1.807) is 18.5 Å². The number of nitrogens with zero attached hydrogens (tertiary/aromatic N) is 3. The lowest BCUT2D eigenvalue weighted by Crippen LogP contribution is -2.21. The summed E-state index contributed by atoms with van der Waals surface area (Å²) in [5, 5.41) is 6.24. The zero-order chi connectivity index (χ0) is 11.0. The molecule has 0 amide bonds. The lowest BCUT2D eigenvalue weighted by Gasteiger charge is -2.01. The van der Waals surface area contributed by atoms with E-state index in [9.17, 15) is 4.79 Å². The molecule has 78 valence electrons. The summed E-state index contributed by atoms with van der Waals surface area (Å²) in [6.07, 6.45) is 0. The van der Waals surface area contributed by atoms with Crippen LogP contribution in [-0.2, 0) is 7.05 Å². The molecule has 0 saturated heterocycles. The Bertz CT molecular complexity index is 557. The van der Waals surface area contributed by atoms with Gasteiger partial charge in [-0.3, -0.25) is 4.79 Å². The van der Waals surface area contributed by atoms with Gasteiger partial charge in [0.05, 0.1) is 17.0 Å². The van der Waals surface area contributed by atoms with Crippen LogP contribution in [0.4, 0.5) is 5.13 Å². The Kier molecular flexibility index (Phi) is 2.28. The molecule has 0 aromatic carbocycles. The first-order valence-electron chi connectivity index (χ1n) is 4.34. The lowest BCUT2D eigenvalue weighted by molar-refractivity contribution is 0.694. The monoisotopic (exact) mass is 222 g/mol. The summed E-state index contributed by atoms with van der Waals surface area (Å²) in [5.74, 6) is 0. The van der Waals surface area contributed by atoms with Crippen molar-refractivity contribution in [1.29, 1.82) is 0 Å². The van der Waals surface area contributed by atoms with E-state index in [4.69, 9.17) is 5.73 Å². The first-order chi connectivity index (χ1) is 7.08. The Morgan fingerprint density at radius 1 is 1.53 bits per heavy atom. The van der Waals surface area contributed by atoms with Crippen LogP contribution in [0.3, 0.4) is 0 Å². The van der Waals surface area contributed by atoms with Gasteiger partial charge < -0.3 is 5.73 Å². The third-order valence-electron chi connectivity index (χ3n) is 1.98. The van der Waals surface area contributed by atoms with Crippen LogP contribution in [0.15, 0.2) is 16.2 Å². The summed E-state index contributed by atoms with van der Waals surface area (Å²) >= 11 is 1.32. The van der Waals surface area contributed by atoms with Crippen LogP contribution < -0.4 is 11.3 Å². The van der Waals surface area contributed by atoms with Gasteiger partial charge in [-0.25, -0.2) is 9.67 Å². The van der Waals surface area contributed by atoms with E-state index >= 15 is 0 Å². The summed E-state index contributed by atoms with van der Waals surface area (Å²) in [6, 6.07) is 1.72. The molecule has 0 saturated carbocycles. The second-order valence-corrected chi connectivity index (χ2v) is 4.09. The summed E-state index contributed by atoms with van der Waals surface area (Å²) in [6.45, 7) is 1.83. The van der Waals surface area contributed by atoms with Crippen molar-refractivity contribution in [1.82, 2.24) is 14.8 Å². The van der Waals surface area contributed by atoms with Gasteiger partial charge >= 0.3 is 0 Å². The molecular formula is C9H10N4OS. The molecule has 2 aromatic rings. The highest BCUT2D eigenvalue weighted by Gasteiger charge is 2.09. The number of rotatable bonds is 1. The van der Waals surface area contributed by atoms with Crippen molar-refractivity contribution in [3.63, 3.8) is 0 Å². The predicted molar refractivity (Wildman–Crippen MR) is 59.7 cm³/mol. The molecule has 0 fully saturated rings. The van der Waals surface area contributed by atoms with Gasteiger partial charge in [-0.1, -0.05) is 0 Å². The molecule has 2 rings (SSSR count).